The number of benzene rings is 1. The van der Waals surface area contributed by atoms with E-state index in [0.717, 1.165) is 6.54 Å². The largest absolute Gasteiger partial charge is 0.494 e. The third-order valence-corrected chi connectivity index (χ3v) is 5.34. The van der Waals surface area contributed by atoms with Crippen LogP contribution in [0.1, 0.15) is 0 Å². The summed E-state index contributed by atoms with van der Waals surface area (Å²) in [6.07, 6.45) is 1.51. The summed E-state index contributed by atoms with van der Waals surface area (Å²) in [6.45, 7) is 3.88. The van der Waals surface area contributed by atoms with Gasteiger partial charge >= 0.3 is 0 Å². The van der Waals surface area contributed by atoms with Crippen molar-refractivity contribution in [1.82, 2.24) is 14.9 Å². The maximum atomic E-state index is 11.8. The maximum Gasteiger partial charge on any atom is 0.294 e. The number of methoxy groups -OCH3 is 1. The Hall–Kier alpha value is -2.89. The van der Waals surface area contributed by atoms with Gasteiger partial charge in [-0.15, -0.1) is 0 Å². The molecule has 2 heterocycles. The van der Waals surface area contributed by atoms with Crippen LogP contribution in [0.5, 0.6) is 5.75 Å². The summed E-state index contributed by atoms with van der Waals surface area (Å²) < 4.78 is 10.9. The van der Waals surface area contributed by atoms with Gasteiger partial charge < -0.3 is 29.5 Å². The molecule has 11 nitrogen and oxygen atoms in total. The molecule has 1 N–H and O–H groups in total. The van der Waals surface area contributed by atoms with Gasteiger partial charge in [-0.1, -0.05) is 11.6 Å². The van der Waals surface area contributed by atoms with E-state index in [0.29, 0.717) is 60.8 Å². The van der Waals surface area contributed by atoms with Crippen LogP contribution in [0.4, 0.5) is 28.8 Å². The number of hydrogen-bond acceptors (Lipinski definition) is 10. The van der Waals surface area contributed by atoms with Crippen LogP contribution in [0, 0.1) is 10.1 Å². The topological polar surface area (TPSA) is 109 Å². The van der Waals surface area contributed by atoms with Crippen molar-refractivity contribution in [3.05, 3.63) is 33.5 Å². The highest BCUT2D eigenvalue weighted by Crippen LogP contribution is 2.39. The number of nitro groups is 1. The first-order valence-corrected chi connectivity index (χ1v) is 10.5. The highest BCUT2D eigenvalue weighted by molar-refractivity contribution is 6.32. The van der Waals surface area contributed by atoms with Crippen LogP contribution in [-0.2, 0) is 4.74 Å². The molecule has 1 aromatic carbocycles. The number of rotatable bonds is 9. The fraction of sp³-hybridized carbons (Fsp3) is 0.500. The lowest BCUT2D eigenvalue weighted by atomic mass is 10.2. The summed E-state index contributed by atoms with van der Waals surface area (Å²) in [5.41, 5.74) is 0.807. The summed E-state index contributed by atoms with van der Waals surface area (Å²) in [6, 6.07) is 3.08. The molecule has 0 aliphatic carbocycles. The molecule has 3 rings (SSSR count). The Morgan fingerprint density at radius 3 is 2.62 bits per heavy atom. The van der Waals surface area contributed by atoms with E-state index in [1.54, 1.807) is 6.07 Å². The van der Waals surface area contributed by atoms with Gasteiger partial charge in [0.1, 0.15) is 16.5 Å². The number of nitrogens with zero attached hydrogens (tertiary/aromatic N) is 6. The van der Waals surface area contributed by atoms with E-state index in [1.165, 1.54) is 19.4 Å². The van der Waals surface area contributed by atoms with E-state index >= 15 is 0 Å². The number of aromatic nitrogens is 2. The molecule has 0 atom stereocenters. The van der Waals surface area contributed by atoms with E-state index in [9.17, 15) is 10.1 Å². The molecule has 1 aliphatic heterocycles. The van der Waals surface area contributed by atoms with Crippen molar-refractivity contribution in [2.75, 3.05) is 82.8 Å². The van der Waals surface area contributed by atoms with Crippen LogP contribution < -0.4 is 19.9 Å². The predicted octanol–water partition coefficient (Wildman–Crippen LogP) is 2.62. The van der Waals surface area contributed by atoms with Crippen LogP contribution in [0.3, 0.4) is 0 Å². The number of hydrogen-bond donors (Lipinski definition) is 1. The van der Waals surface area contributed by atoms with Crippen molar-refractivity contribution in [2.24, 2.45) is 0 Å². The van der Waals surface area contributed by atoms with Crippen molar-refractivity contribution in [3.8, 4) is 5.75 Å². The molecule has 32 heavy (non-hydrogen) atoms. The van der Waals surface area contributed by atoms with Crippen LogP contribution in [0.2, 0.25) is 5.02 Å². The Morgan fingerprint density at radius 1 is 1.28 bits per heavy atom. The van der Waals surface area contributed by atoms with Crippen molar-refractivity contribution in [1.29, 1.82) is 0 Å². The lowest BCUT2D eigenvalue weighted by Crippen LogP contribution is -2.37. The number of ether oxygens (including phenoxy) is 2. The van der Waals surface area contributed by atoms with Gasteiger partial charge in [-0.2, -0.15) is 4.98 Å². The molecule has 1 fully saturated rings. The number of likely N-dealkylation sites (N-methyl/N-ethyl adjacent to an activating group) is 2. The second-order valence-corrected chi connectivity index (χ2v) is 8.02. The molecule has 1 aromatic heterocycles. The first-order valence-electron chi connectivity index (χ1n) is 10.1. The summed E-state index contributed by atoms with van der Waals surface area (Å²) in [5.74, 6) is 1.28. The van der Waals surface area contributed by atoms with Crippen LogP contribution in [0.15, 0.2) is 18.3 Å². The highest BCUT2D eigenvalue weighted by atomic mass is 35.5. The normalized spacial score (nSPS) is 13.9. The minimum absolute atomic E-state index is 0.0445. The van der Waals surface area contributed by atoms with Crippen molar-refractivity contribution < 1.29 is 14.4 Å². The molecule has 0 unspecified atom stereocenters. The van der Waals surface area contributed by atoms with Crippen LogP contribution >= 0.6 is 11.6 Å². The molecular formula is C20H28ClN7O4. The Morgan fingerprint density at radius 2 is 2.00 bits per heavy atom. The first-order chi connectivity index (χ1) is 15.3. The maximum absolute atomic E-state index is 11.8. The highest BCUT2D eigenvalue weighted by Gasteiger charge is 2.23. The van der Waals surface area contributed by atoms with Gasteiger partial charge in [0.25, 0.3) is 5.69 Å². The van der Waals surface area contributed by atoms with Gasteiger partial charge in [0.05, 0.1) is 37.1 Å². The summed E-state index contributed by atoms with van der Waals surface area (Å²) in [4.78, 5) is 26.0. The molecule has 12 heteroatoms. The van der Waals surface area contributed by atoms with Gasteiger partial charge in [0.15, 0.2) is 5.82 Å². The van der Waals surface area contributed by atoms with Crippen LogP contribution in [-0.4, -0.2) is 87.4 Å². The SMILES string of the molecule is COc1cc(N(C)CCN(C)C)c([N+](=O)[O-])cc1Nc1ncc(Cl)c(N2CCOCC2)n1. The molecule has 0 bridgehead atoms. The van der Waals surface area contributed by atoms with Gasteiger partial charge in [-0.3, -0.25) is 10.1 Å². The number of anilines is 4. The van der Waals surface area contributed by atoms with E-state index in [1.807, 2.05) is 35.8 Å². The molecular weight excluding hydrogens is 438 g/mol. The molecule has 1 saturated heterocycles. The molecule has 0 saturated carbocycles. The Labute approximate surface area is 192 Å². The average Bonchev–Trinajstić information content (AvgIpc) is 2.78. The lowest BCUT2D eigenvalue weighted by Gasteiger charge is -2.28. The van der Waals surface area contributed by atoms with Crippen molar-refractivity contribution >= 4 is 40.4 Å². The second kappa shape index (κ2) is 10.6. The average molecular weight is 466 g/mol. The van der Waals surface area contributed by atoms with Crippen molar-refractivity contribution in [2.45, 2.75) is 0 Å². The van der Waals surface area contributed by atoms with Crippen molar-refractivity contribution in [3.63, 3.8) is 0 Å². The molecule has 2 aromatic rings. The minimum Gasteiger partial charge on any atom is -0.494 e. The summed E-state index contributed by atoms with van der Waals surface area (Å²) >= 11 is 6.31. The second-order valence-electron chi connectivity index (χ2n) is 7.61. The Bertz CT molecular complexity index is 954. The molecule has 0 spiro atoms. The zero-order valence-electron chi connectivity index (χ0n) is 18.7. The number of halogens is 1. The van der Waals surface area contributed by atoms with E-state index in [2.05, 4.69) is 15.3 Å². The Kier molecular flexibility index (Phi) is 7.89. The molecule has 0 amide bonds. The monoisotopic (exact) mass is 465 g/mol. The fourth-order valence-corrected chi connectivity index (χ4v) is 3.49. The standard InChI is InChI=1S/C20H28ClN7O4/c1-25(2)5-6-26(3)16-12-18(31-4)15(11-17(16)28(29)30)23-20-22-13-14(21)19(24-20)27-7-9-32-10-8-27/h11-13H,5-10H2,1-4H3,(H,22,23,24). The molecule has 1 aliphatic rings. The predicted molar refractivity (Wildman–Crippen MR) is 125 cm³/mol. The Balaban J connectivity index is 1.92. The number of nitro benzene ring substituents is 1. The molecule has 0 radical (unpaired) electrons. The number of morpholine rings is 1. The quantitative estimate of drug-likeness (QED) is 0.438. The van der Waals surface area contributed by atoms with E-state index in [-0.39, 0.29) is 11.6 Å². The van der Waals surface area contributed by atoms with E-state index in [4.69, 9.17) is 21.1 Å². The first kappa shape index (κ1) is 23.8. The third-order valence-electron chi connectivity index (χ3n) is 5.07. The minimum atomic E-state index is -0.409. The lowest BCUT2D eigenvalue weighted by molar-refractivity contribution is -0.384. The van der Waals surface area contributed by atoms with Gasteiger partial charge in [-0.05, 0) is 14.1 Å². The molecule has 174 valence electrons. The summed E-state index contributed by atoms with van der Waals surface area (Å²) in [7, 11) is 7.23. The number of nitrogens with one attached hydrogen (secondary N) is 1. The summed E-state index contributed by atoms with van der Waals surface area (Å²) in [5, 5.41) is 15.3. The van der Waals surface area contributed by atoms with Gasteiger partial charge in [0, 0.05) is 45.4 Å². The fourth-order valence-electron chi connectivity index (χ4n) is 3.28. The van der Waals surface area contributed by atoms with Gasteiger partial charge in [0.2, 0.25) is 5.95 Å². The zero-order chi connectivity index (χ0) is 23.3. The third kappa shape index (κ3) is 5.67. The van der Waals surface area contributed by atoms with Crippen LogP contribution in [0.25, 0.3) is 0 Å². The van der Waals surface area contributed by atoms with Gasteiger partial charge in [-0.25, -0.2) is 4.98 Å². The smallest absolute Gasteiger partial charge is 0.294 e. The van der Waals surface area contributed by atoms with E-state index < -0.39 is 4.92 Å². The zero-order valence-corrected chi connectivity index (χ0v) is 19.4.